The Morgan fingerprint density at radius 2 is 1.74 bits per heavy atom. The van der Waals surface area contributed by atoms with Crippen LogP contribution in [0.3, 0.4) is 0 Å². The number of aliphatic carboxylic acids is 1. The lowest BCUT2D eigenvalue weighted by molar-refractivity contribution is -0.137. The van der Waals surface area contributed by atoms with Crippen molar-refractivity contribution in [1.82, 2.24) is 0 Å². The zero-order chi connectivity index (χ0) is 16.9. The third-order valence-corrected chi connectivity index (χ3v) is 3.62. The Labute approximate surface area is 139 Å². The number of unbranched alkanes of at least 4 members (excludes halogenated alkanes) is 3. The molecule has 23 heavy (non-hydrogen) atoms. The molecular weight excluding hydrogens is 288 g/mol. The van der Waals surface area contributed by atoms with Crippen LogP contribution in [0.15, 0.2) is 36.4 Å². The highest BCUT2D eigenvalue weighted by Crippen LogP contribution is 2.11. The van der Waals surface area contributed by atoms with E-state index in [0.717, 1.165) is 30.4 Å². The summed E-state index contributed by atoms with van der Waals surface area (Å²) < 4.78 is 0. The average molecular weight is 316 g/mol. The quantitative estimate of drug-likeness (QED) is 0.570. The number of hydrogen-bond donors (Lipinski definition) is 2. The normalized spacial score (nSPS) is 13.0. The Bertz CT molecular complexity index is 500. The topological polar surface area (TPSA) is 57.5 Å². The molecule has 0 fully saturated rings. The maximum atomic E-state index is 10.4. The van der Waals surface area contributed by atoms with Crippen LogP contribution in [0.4, 0.5) is 0 Å². The summed E-state index contributed by atoms with van der Waals surface area (Å²) in [6, 6.07) is 8.09. The summed E-state index contributed by atoms with van der Waals surface area (Å²) in [6.45, 7) is 2.16. The van der Waals surface area contributed by atoms with Crippen molar-refractivity contribution >= 4 is 18.1 Å². The molecule has 0 amide bonds. The van der Waals surface area contributed by atoms with Gasteiger partial charge in [0.25, 0.3) is 0 Å². The lowest BCUT2D eigenvalue weighted by Crippen LogP contribution is -2.00. The fourth-order valence-corrected chi connectivity index (χ4v) is 2.23. The van der Waals surface area contributed by atoms with E-state index in [1.54, 1.807) is 0 Å². The van der Waals surface area contributed by atoms with Crippen molar-refractivity contribution in [2.24, 2.45) is 0 Å². The van der Waals surface area contributed by atoms with Gasteiger partial charge in [-0.15, -0.1) is 0 Å². The highest BCUT2D eigenvalue weighted by molar-refractivity contribution is 5.66. The van der Waals surface area contributed by atoms with Gasteiger partial charge < -0.3 is 10.2 Å². The lowest BCUT2D eigenvalue weighted by atomic mass is 10.1. The molecule has 0 heterocycles. The maximum absolute atomic E-state index is 10.4. The Morgan fingerprint density at radius 1 is 1.09 bits per heavy atom. The lowest BCUT2D eigenvalue weighted by Gasteiger charge is -2.04. The molecule has 0 aliphatic heterocycles. The highest BCUT2D eigenvalue weighted by Gasteiger charge is 1.98. The minimum atomic E-state index is -0.744. The van der Waals surface area contributed by atoms with Crippen LogP contribution in [0.5, 0.6) is 0 Å². The molecule has 3 nitrogen and oxygen atoms in total. The number of hydrogen-bond acceptors (Lipinski definition) is 2. The SMILES string of the molecule is CCCCCC(O)/C=C/c1ccc(/C=C\CCCC(=O)O)cc1. The van der Waals surface area contributed by atoms with Gasteiger partial charge in [-0.25, -0.2) is 0 Å². The van der Waals surface area contributed by atoms with E-state index in [-0.39, 0.29) is 12.5 Å². The largest absolute Gasteiger partial charge is 0.481 e. The first-order chi connectivity index (χ1) is 11.1. The van der Waals surface area contributed by atoms with Gasteiger partial charge in [0.15, 0.2) is 0 Å². The Hall–Kier alpha value is -1.87. The molecule has 0 radical (unpaired) electrons. The van der Waals surface area contributed by atoms with Crippen LogP contribution in [-0.2, 0) is 4.79 Å². The summed E-state index contributed by atoms with van der Waals surface area (Å²) in [4.78, 5) is 10.4. The number of rotatable bonds is 11. The van der Waals surface area contributed by atoms with Crippen LogP contribution in [0.25, 0.3) is 12.2 Å². The first-order valence-electron chi connectivity index (χ1n) is 8.46. The molecule has 1 rings (SSSR count). The summed E-state index contributed by atoms with van der Waals surface area (Å²) in [7, 11) is 0. The van der Waals surface area contributed by atoms with E-state index < -0.39 is 5.97 Å². The predicted molar refractivity (Wildman–Crippen MR) is 96.1 cm³/mol. The van der Waals surface area contributed by atoms with Crippen LogP contribution in [-0.4, -0.2) is 22.3 Å². The van der Waals surface area contributed by atoms with Crippen molar-refractivity contribution in [2.75, 3.05) is 0 Å². The van der Waals surface area contributed by atoms with Crippen molar-refractivity contribution < 1.29 is 15.0 Å². The molecule has 3 heteroatoms. The van der Waals surface area contributed by atoms with Crippen LogP contribution >= 0.6 is 0 Å². The number of allylic oxidation sites excluding steroid dienone is 1. The number of benzene rings is 1. The Balaban J connectivity index is 2.37. The number of carbonyl (C=O) groups is 1. The van der Waals surface area contributed by atoms with E-state index >= 15 is 0 Å². The van der Waals surface area contributed by atoms with Gasteiger partial charge in [-0.3, -0.25) is 4.79 Å². The van der Waals surface area contributed by atoms with Gasteiger partial charge in [0.05, 0.1) is 6.10 Å². The minimum Gasteiger partial charge on any atom is -0.481 e. The minimum absolute atomic E-state index is 0.217. The van der Waals surface area contributed by atoms with E-state index in [1.807, 2.05) is 48.6 Å². The molecular formula is C20H28O3. The van der Waals surface area contributed by atoms with Crippen molar-refractivity contribution in [2.45, 2.75) is 58.0 Å². The molecule has 1 atom stereocenters. The van der Waals surface area contributed by atoms with Crippen molar-refractivity contribution in [3.05, 3.63) is 47.5 Å². The molecule has 2 N–H and O–H groups in total. The molecule has 0 aromatic heterocycles. The molecule has 0 saturated heterocycles. The molecule has 1 unspecified atom stereocenters. The van der Waals surface area contributed by atoms with Crippen molar-refractivity contribution in [1.29, 1.82) is 0 Å². The summed E-state index contributed by atoms with van der Waals surface area (Å²) in [5.41, 5.74) is 2.17. The second-order valence-corrected chi connectivity index (χ2v) is 5.78. The van der Waals surface area contributed by atoms with Crippen LogP contribution in [0, 0.1) is 0 Å². The van der Waals surface area contributed by atoms with E-state index in [2.05, 4.69) is 6.92 Å². The second-order valence-electron chi connectivity index (χ2n) is 5.78. The number of aliphatic hydroxyl groups is 1. The fourth-order valence-electron chi connectivity index (χ4n) is 2.23. The molecule has 0 aliphatic carbocycles. The predicted octanol–water partition coefficient (Wildman–Crippen LogP) is 4.91. The van der Waals surface area contributed by atoms with E-state index in [1.165, 1.54) is 12.8 Å². The van der Waals surface area contributed by atoms with E-state index in [0.29, 0.717) is 6.42 Å². The summed E-state index contributed by atoms with van der Waals surface area (Å²) in [5.74, 6) is -0.744. The monoisotopic (exact) mass is 316 g/mol. The third kappa shape index (κ3) is 9.69. The van der Waals surface area contributed by atoms with Crippen LogP contribution in [0.2, 0.25) is 0 Å². The molecule has 1 aromatic rings. The Kier molecular flexibility index (Phi) is 9.73. The summed E-state index contributed by atoms with van der Waals surface area (Å²) >= 11 is 0. The number of carboxylic acids is 1. The summed E-state index contributed by atoms with van der Waals surface area (Å²) in [6.07, 6.45) is 13.3. The molecule has 0 bridgehead atoms. The fraction of sp³-hybridized carbons (Fsp3) is 0.450. The molecule has 1 aromatic carbocycles. The van der Waals surface area contributed by atoms with Crippen LogP contribution in [0.1, 0.15) is 63.0 Å². The standard InChI is InChI=1S/C20H28O3/c1-2-3-5-9-19(21)16-15-18-13-11-17(12-14-18)8-6-4-7-10-20(22)23/h6,8,11-16,19,21H,2-5,7,9-10H2,1H3,(H,22,23)/b8-6-,16-15+. The molecule has 126 valence electrons. The van der Waals surface area contributed by atoms with Gasteiger partial charge in [-0.05, 0) is 30.4 Å². The third-order valence-electron chi connectivity index (χ3n) is 3.62. The van der Waals surface area contributed by atoms with Gasteiger partial charge in [0.1, 0.15) is 0 Å². The second kappa shape index (κ2) is 11.7. The van der Waals surface area contributed by atoms with Gasteiger partial charge >= 0.3 is 5.97 Å². The summed E-state index contributed by atoms with van der Waals surface area (Å²) in [5, 5.41) is 18.4. The van der Waals surface area contributed by atoms with Crippen molar-refractivity contribution in [3.8, 4) is 0 Å². The van der Waals surface area contributed by atoms with Gasteiger partial charge in [-0.1, -0.05) is 74.8 Å². The zero-order valence-corrected chi connectivity index (χ0v) is 13.9. The highest BCUT2D eigenvalue weighted by atomic mass is 16.4. The average Bonchev–Trinajstić information content (AvgIpc) is 2.54. The Morgan fingerprint density at radius 3 is 2.35 bits per heavy atom. The van der Waals surface area contributed by atoms with Crippen molar-refractivity contribution in [3.63, 3.8) is 0 Å². The van der Waals surface area contributed by atoms with Gasteiger partial charge in [0, 0.05) is 6.42 Å². The number of aliphatic hydroxyl groups excluding tert-OH is 1. The van der Waals surface area contributed by atoms with E-state index in [9.17, 15) is 9.90 Å². The zero-order valence-electron chi connectivity index (χ0n) is 13.9. The first-order valence-corrected chi connectivity index (χ1v) is 8.46. The van der Waals surface area contributed by atoms with E-state index in [4.69, 9.17) is 5.11 Å². The molecule has 0 saturated carbocycles. The maximum Gasteiger partial charge on any atom is 0.303 e. The molecule has 0 spiro atoms. The first kappa shape index (κ1) is 19.2. The number of carboxylic acid groups (broad SMARTS) is 1. The van der Waals surface area contributed by atoms with Crippen LogP contribution < -0.4 is 0 Å². The molecule has 0 aliphatic rings. The smallest absolute Gasteiger partial charge is 0.303 e. The van der Waals surface area contributed by atoms with Gasteiger partial charge in [-0.2, -0.15) is 0 Å². The van der Waals surface area contributed by atoms with Gasteiger partial charge in [0.2, 0.25) is 0 Å².